The first-order valence-electron chi connectivity index (χ1n) is 16.6. The molecule has 3 N–H and O–H groups in total. The number of allylic oxidation sites excluding steroid dienone is 2. The van der Waals surface area contributed by atoms with Gasteiger partial charge in [0.1, 0.15) is 11.7 Å². The normalized spacial score (nSPS) is 32.7. The summed E-state index contributed by atoms with van der Waals surface area (Å²) in [6, 6.07) is -0.222. The highest BCUT2D eigenvalue weighted by molar-refractivity contribution is 5.70. The molecule has 3 rings (SSSR count). The minimum absolute atomic E-state index is 0.0927. The lowest BCUT2D eigenvalue weighted by Crippen LogP contribution is -2.50. The van der Waals surface area contributed by atoms with Gasteiger partial charge < -0.3 is 44.2 Å². The number of likely N-dealkylation sites (N-methyl/N-ethyl adjacent to an activating group) is 1. The molecule has 0 aromatic heterocycles. The molecular weight excluding hydrogens is 594 g/mol. The fraction of sp³-hybridized carbons (Fsp3) is 0.735. The van der Waals surface area contributed by atoms with Gasteiger partial charge in [-0.15, -0.1) is 0 Å². The van der Waals surface area contributed by atoms with E-state index in [4.69, 9.17) is 14.2 Å². The molecule has 0 saturated carbocycles. The first kappa shape index (κ1) is 37.5. The summed E-state index contributed by atoms with van der Waals surface area (Å²) >= 11 is 0. The molecule has 3 aliphatic heterocycles. The maximum absolute atomic E-state index is 13.0. The van der Waals surface area contributed by atoms with E-state index in [1.54, 1.807) is 35.8 Å². The Morgan fingerprint density at radius 3 is 2.50 bits per heavy atom. The van der Waals surface area contributed by atoms with Crippen LogP contribution in [0.2, 0.25) is 0 Å². The van der Waals surface area contributed by atoms with Crippen molar-refractivity contribution in [3.05, 3.63) is 36.0 Å². The summed E-state index contributed by atoms with van der Waals surface area (Å²) in [5.74, 6) is -0.998. The van der Waals surface area contributed by atoms with Crippen LogP contribution in [0.5, 0.6) is 0 Å². The number of piperazine rings is 1. The second kappa shape index (κ2) is 17.3. The molecule has 2 saturated heterocycles. The number of carbonyl (C=O) groups is 3. The van der Waals surface area contributed by atoms with Gasteiger partial charge >= 0.3 is 18.2 Å². The Hall–Kier alpha value is -2.93. The second-order valence-electron chi connectivity index (χ2n) is 13.5. The van der Waals surface area contributed by atoms with Gasteiger partial charge in [-0.25, -0.2) is 9.59 Å². The van der Waals surface area contributed by atoms with E-state index in [1.807, 2.05) is 46.0 Å². The average molecular weight is 650 g/mol. The second-order valence-corrected chi connectivity index (χ2v) is 13.5. The number of amides is 2. The minimum Gasteiger partial charge on any atom is -0.457 e. The van der Waals surface area contributed by atoms with Gasteiger partial charge in [-0.3, -0.25) is 4.79 Å². The first-order valence-corrected chi connectivity index (χ1v) is 16.6. The molecule has 0 aliphatic carbocycles. The van der Waals surface area contributed by atoms with Gasteiger partial charge in [0.05, 0.1) is 31.3 Å². The van der Waals surface area contributed by atoms with Crippen molar-refractivity contribution in [1.82, 2.24) is 14.7 Å². The van der Waals surface area contributed by atoms with Crippen molar-refractivity contribution in [2.24, 2.45) is 11.8 Å². The van der Waals surface area contributed by atoms with E-state index in [1.165, 1.54) is 0 Å². The van der Waals surface area contributed by atoms with Crippen molar-refractivity contribution >= 4 is 18.2 Å². The minimum atomic E-state index is -1.47. The summed E-state index contributed by atoms with van der Waals surface area (Å²) < 4.78 is 17.2. The molecule has 260 valence electrons. The van der Waals surface area contributed by atoms with Crippen LogP contribution >= 0.6 is 0 Å². The van der Waals surface area contributed by atoms with Crippen LogP contribution in [0.1, 0.15) is 66.7 Å². The van der Waals surface area contributed by atoms with Gasteiger partial charge in [0, 0.05) is 44.6 Å². The van der Waals surface area contributed by atoms with E-state index in [0.29, 0.717) is 19.6 Å². The van der Waals surface area contributed by atoms with Crippen molar-refractivity contribution in [3.8, 4) is 0 Å². The molecule has 2 amide bonds. The average Bonchev–Trinajstić information content (AvgIpc) is 3.50. The van der Waals surface area contributed by atoms with Crippen LogP contribution in [-0.2, 0) is 19.0 Å². The Labute approximate surface area is 273 Å². The van der Waals surface area contributed by atoms with E-state index in [9.17, 15) is 29.7 Å². The molecular formula is C34H55N3O9. The van der Waals surface area contributed by atoms with Crippen LogP contribution in [0.25, 0.3) is 0 Å². The number of likely N-dealkylation sites (tertiary alicyclic amines) is 1. The molecule has 46 heavy (non-hydrogen) atoms. The third-order valence-electron chi connectivity index (χ3n) is 9.12. The van der Waals surface area contributed by atoms with E-state index in [0.717, 1.165) is 31.5 Å². The maximum Gasteiger partial charge on any atom is 0.410 e. The van der Waals surface area contributed by atoms with Gasteiger partial charge in [-0.1, -0.05) is 38.2 Å². The molecule has 3 aliphatic rings. The van der Waals surface area contributed by atoms with Crippen molar-refractivity contribution < 1.29 is 43.9 Å². The van der Waals surface area contributed by atoms with Crippen molar-refractivity contribution in [1.29, 1.82) is 0 Å². The van der Waals surface area contributed by atoms with E-state index >= 15 is 0 Å². The molecule has 0 radical (unpaired) electrons. The molecule has 0 aromatic carbocycles. The third kappa shape index (κ3) is 11.1. The predicted octanol–water partition coefficient (Wildman–Crippen LogP) is 3.26. The van der Waals surface area contributed by atoms with Gasteiger partial charge in [-0.05, 0) is 65.2 Å². The van der Waals surface area contributed by atoms with Crippen molar-refractivity contribution in [2.45, 2.75) is 103 Å². The number of rotatable bonds is 7. The molecule has 3 heterocycles. The fourth-order valence-electron chi connectivity index (χ4n) is 5.98. The van der Waals surface area contributed by atoms with E-state index in [2.05, 4.69) is 4.90 Å². The largest absolute Gasteiger partial charge is 0.457 e. The smallest absolute Gasteiger partial charge is 0.410 e. The SMILES string of the molecule is C/C(=C\C=C\C(C)COC(=O)N1CCCC1C(C)O)[C@H]1OC(=O)C[C@@H](O)CC[C@](C)(O)[C@@H](OC(=O)N2CCN(C)CC2)/C=C/[C@@H]1C. The summed E-state index contributed by atoms with van der Waals surface area (Å²) in [6.07, 6.45) is 6.34. The fourth-order valence-corrected chi connectivity index (χ4v) is 5.98. The lowest BCUT2D eigenvalue weighted by atomic mass is 9.89. The molecule has 12 heteroatoms. The molecule has 8 atom stereocenters. The molecule has 0 spiro atoms. The zero-order valence-electron chi connectivity index (χ0n) is 28.3. The monoisotopic (exact) mass is 649 g/mol. The van der Waals surface area contributed by atoms with E-state index < -0.39 is 48.2 Å². The van der Waals surface area contributed by atoms with Gasteiger partial charge in [0.2, 0.25) is 0 Å². The summed E-state index contributed by atoms with van der Waals surface area (Å²) in [6.45, 7) is 12.1. The highest BCUT2D eigenvalue weighted by atomic mass is 16.6. The number of carbonyl (C=O) groups excluding carboxylic acids is 3. The maximum atomic E-state index is 13.0. The topological polar surface area (TPSA) is 149 Å². The standard InChI is InChI=1S/C34H55N3O9/c1-23(22-44-33(42)37-16-8-11-28(37)26(4)38)9-7-10-24(2)31-25(3)12-13-29(45-32(41)36-19-17-35(6)18-20-36)34(5,43)15-14-27(39)21-30(40)46-31/h7,9-10,12-13,23,25-29,31,38-39,43H,8,11,14-22H2,1-6H3/b9-7+,13-12+,24-10+/t23?,25-,26?,27-,28?,29-,31+,34-/m0/s1. The third-order valence-corrected chi connectivity index (χ3v) is 9.12. The molecule has 0 bridgehead atoms. The lowest BCUT2D eigenvalue weighted by Gasteiger charge is -2.36. The Balaban J connectivity index is 1.69. The van der Waals surface area contributed by atoms with Crippen molar-refractivity contribution in [2.75, 3.05) is 46.4 Å². The number of hydrogen-bond donors (Lipinski definition) is 3. The number of aliphatic hydroxyl groups is 3. The van der Waals surface area contributed by atoms with Crippen molar-refractivity contribution in [3.63, 3.8) is 0 Å². The number of aliphatic hydroxyl groups excluding tert-OH is 2. The van der Waals surface area contributed by atoms with Crippen LogP contribution in [-0.4, -0.2) is 131 Å². The summed E-state index contributed by atoms with van der Waals surface area (Å²) in [7, 11) is 1.99. The van der Waals surface area contributed by atoms with Crippen LogP contribution in [0, 0.1) is 11.8 Å². The van der Waals surface area contributed by atoms with Crippen LogP contribution in [0.3, 0.4) is 0 Å². The number of ether oxygens (including phenoxy) is 3. The van der Waals surface area contributed by atoms with Crippen LogP contribution in [0.15, 0.2) is 36.0 Å². The highest BCUT2D eigenvalue weighted by Crippen LogP contribution is 2.28. The number of nitrogens with zero attached hydrogens (tertiary/aromatic N) is 3. The quantitative estimate of drug-likeness (QED) is 0.162. The van der Waals surface area contributed by atoms with Gasteiger partial charge in [0.15, 0.2) is 6.10 Å². The first-order chi connectivity index (χ1) is 21.7. The highest BCUT2D eigenvalue weighted by Gasteiger charge is 2.37. The summed E-state index contributed by atoms with van der Waals surface area (Å²) in [5.41, 5.74) is -0.732. The predicted molar refractivity (Wildman–Crippen MR) is 173 cm³/mol. The Kier molecular flexibility index (Phi) is 14.1. The van der Waals surface area contributed by atoms with Crippen LogP contribution in [0.4, 0.5) is 9.59 Å². The Bertz CT molecular complexity index is 1110. The summed E-state index contributed by atoms with van der Waals surface area (Å²) in [5, 5.41) is 31.8. The van der Waals surface area contributed by atoms with E-state index in [-0.39, 0.29) is 43.7 Å². The zero-order chi connectivity index (χ0) is 34.0. The molecule has 2 fully saturated rings. The number of hydrogen-bond acceptors (Lipinski definition) is 10. The van der Waals surface area contributed by atoms with Gasteiger partial charge in [-0.2, -0.15) is 0 Å². The molecule has 3 unspecified atom stereocenters. The number of esters is 1. The number of cyclic esters (lactones) is 1. The summed E-state index contributed by atoms with van der Waals surface area (Å²) in [4.78, 5) is 43.7. The Morgan fingerprint density at radius 2 is 1.83 bits per heavy atom. The Morgan fingerprint density at radius 1 is 1.13 bits per heavy atom. The molecule has 12 nitrogen and oxygen atoms in total. The van der Waals surface area contributed by atoms with Gasteiger partial charge in [0.25, 0.3) is 0 Å². The molecule has 0 aromatic rings. The van der Waals surface area contributed by atoms with Crippen LogP contribution < -0.4 is 0 Å². The lowest BCUT2D eigenvalue weighted by molar-refractivity contribution is -0.151. The zero-order valence-corrected chi connectivity index (χ0v) is 28.3.